The van der Waals surface area contributed by atoms with Crippen molar-refractivity contribution in [1.82, 2.24) is 0 Å². The summed E-state index contributed by atoms with van der Waals surface area (Å²) in [7, 11) is 0. The second-order valence-corrected chi connectivity index (χ2v) is 16.6. The van der Waals surface area contributed by atoms with E-state index in [9.17, 15) is 0 Å². The largest absolute Gasteiger partial charge is 0.460 e. The van der Waals surface area contributed by atoms with Gasteiger partial charge in [0.1, 0.15) is 22.8 Å². The van der Waals surface area contributed by atoms with Gasteiger partial charge in [-0.25, -0.2) is 0 Å². The van der Waals surface area contributed by atoms with Gasteiger partial charge in [0.2, 0.25) is 0 Å². The van der Waals surface area contributed by atoms with E-state index in [1.807, 2.05) is 47.7 Å². The van der Waals surface area contributed by atoms with Crippen LogP contribution in [0.15, 0.2) is 186 Å². The highest BCUT2D eigenvalue weighted by Crippen LogP contribution is 2.41. The molecule has 0 saturated heterocycles. The van der Waals surface area contributed by atoms with E-state index in [0.29, 0.717) is 0 Å². The molecule has 1 aliphatic rings. The average molecular weight is 781 g/mol. The second kappa shape index (κ2) is 15.9. The smallest absolute Gasteiger partial charge is 0.134 e. The summed E-state index contributed by atoms with van der Waals surface area (Å²) in [5.74, 6) is 2.82. The van der Waals surface area contributed by atoms with Crippen LogP contribution in [0.2, 0.25) is 0 Å². The lowest BCUT2D eigenvalue weighted by Gasteiger charge is -2.15. The van der Waals surface area contributed by atoms with Crippen LogP contribution in [-0.4, -0.2) is 0 Å². The van der Waals surface area contributed by atoms with E-state index >= 15 is 0 Å². The van der Waals surface area contributed by atoms with Crippen LogP contribution in [0.3, 0.4) is 0 Å². The molecule has 0 fully saturated rings. The van der Waals surface area contributed by atoms with E-state index in [4.69, 9.17) is 9.15 Å². The lowest BCUT2D eigenvalue weighted by atomic mass is 9.88. The molecule has 0 saturated carbocycles. The summed E-state index contributed by atoms with van der Waals surface area (Å²) in [6.45, 7) is 4.34. The minimum atomic E-state index is 0.845. The van der Waals surface area contributed by atoms with Crippen LogP contribution in [0.4, 0.5) is 0 Å². The van der Waals surface area contributed by atoms with E-state index < -0.39 is 0 Å². The van der Waals surface area contributed by atoms with Crippen molar-refractivity contribution in [1.29, 1.82) is 0 Å². The summed E-state index contributed by atoms with van der Waals surface area (Å²) in [5, 5.41) is 3.86. The van der Waals surface area contributed by atoms with Gasteiger partial charge < -0.3 is 9.15 Å². The van der Waals surface area contributed by atoms with Gasteiger partial charge in [-0.15, -0.1) is 11.3 Å². The molecule has 0 aliphatic heterocycles. The third-order valence-corrected chi connectivity index (χ3v) is 12.8. The fourth-order valence-corrected chi connectivity index (χ4v) is 9.61. The Morgan fingerprint density at radius 2 is 1.42 bits per heavy atom. The highest BCUT2D eigenvalue weighted by Gasteiger charge is 2.22. The summed E-state index contributed by atoms with van der Waals surface area (Å²) in [5.41, 5.74) is 14.6. The van der Waals surface area contributed by atoms with Crippen molar-refractivity contribution in [3.63, 3.8) is 0 Å². The lowest BCUT2D eigenvalue weighted by molar-refractivity contribution is 0.479. The Morgan fingerprint density at radius 1 is 0.661 bits per heavy atom. The van der Waals surface area contributed by atoms with E-state index in [-0.39, 0.29) is 0 Å². The van der Waals surface area contributed by atoms with Gasteiger partial charge in [-0.2, -0.15) is 0 Å². The zero-order chi connectivity index (χ0) is 39.7. The molecule has 0 amide bonds. The SMILES string of the molecule is C/C(=C\C/C=C\Cc1ccc2sc3ccc(-c4cccc(C5=CCCc6oc7ccccc7c65)c4)cc3c2c1)c1cccc(-c2cccc(Oc3ccccc3)c2C)c1. The summed E-state index contributed by atoms with van der Waals surface area (Å²) < 4.78 is 15.2. The molecule has 0 atom stereocenters. The van der Waals surface area contributed by atoms with Crippen LogP contribution >= 0.6 is 11.3 Å². The number of furan rings is 1. The van der Waals surface area contributed by atoms with Gasteiger partial charge in [0.25, 0.3) is 0 Å². The summed E-state index contributed by atoms with van der Waals surface area (Å²) in [4.78, 5) is 0. The molecule has 0 N–H and O–H groups in total. The Balaban J connectivity index is 0.840. The van der Waals surface area contributed by atoms with Crippen LogP contribution < -0.4 is 4.74 Å². The number of hydrogen-bond donors (Lipinski definition) is 0. The molecule has 2 nitrogen and oxygen atoms in total. The van der Waals surface area contributed by atoms with Gasteiger partial charge in [-0.1, -0.05) is 121 Å². The number of hydrogen-bond acceptors (Lipinski definition) is 3. The normalized spacial score (nSPS) is 13.1. The lowest BCUT2D eigenvalue weighted by Crippen LogP contribution is -1.98. The Labute approximate surface area is 350 Å². The topological polar surface area (TPSA) is 22.4 Å². The van der Waals surface area contributed by atoms with E-state index in [0.717, 1.165) is 54.1 Å². The number of rotatable bonds is 10. The van der Waals surface area contributed by atoms with E-state index in [2.05, 4.69) is 159 Å². The van der Waals surface area contributed by atoms with Gasteiger partial charge in [0, 0.05) is 37.5 Å². The second-order valence-electron chi connectivity index (χ2n) is 15.5. The van der Waals surface area contributed by atoms with Crippen molar-refractivity contribution in [2.24, 2.45) is 0 Å². The van der Waals surface area contributed by atoms with E-state index in [1.54, 1.807) is 0 Å². The molecule has 2 heterocycles. The first-order chi connectivity index (χ1) is 29.1. The first-order valence-electron chi connectivity index (χ1n) is 20.6. The Hall–Kier alpha value is -6.68. The molecule has 1 aliphatic carbocycles. The molecular formula is C56H44O2S. The molecule has 10 rings (SSSR count). The maximum Gasteiger partial charge on any atom is 0.134 e. The van der Waals surface area contributed by atoms with Crippen molar-refractivity contribution < 1.29 is 9.15 Å². The monoisotopic (exact) mass is 780 g/mol. The first-order valence-corrected chi connectivity index (χ1v) is 21.4. The number of fused-ring (bicyclic) bond motifs is 6. The summed E-state index contributed by atoms with van der Waals surface area (Å²) in [6.07, 6.45) is 13.0. The standard InChI is InChI=1S/C56H44O2S/c1-37(40-17-11-19-43(34-40)46-24-13-27-51(38(46)2)57-45-21-7-4-8-22-45)15-5-3-6-16-39-29-31-54-49(33-39)50-36-42(30-32-55(50)59-54)41-18-12-20-44(35-41)47-25-14-28-53-56(47)48-23-9-10-26-52(48)58-53/h3-4,6-13,15,17-27,29-36H,5,14,16,28H2,1-2H3/b6-3-,37-15+. The maximum absolute atomic E-state index is 6.29. The Bertz CT molecular complexity index is 3100. The van der Waals surface area contributed by atoms with Gasteiger partial charge in [-0.05, 0) is 149 Å². The molecule has 2 aromatic heterocycles. The molecule has 286 valence electrons. The Kier molecular flexibility index (Phi) is 9.89. The first kappa shape index (κ1) is 36.6. The Morgan fingerprint density at radius 3 is 2.34 bits per heavy atom. The molecule has 3 heteroatoms. The molecule has 0 bridgehead atoms. The van der Waals surface area contributed by atoms with Gasteiger partial charge in [0.15, 0.2) is 0 Å². The summed E-state index contributed by atoms with van der Waals surface area (Å²) >= 11 is 1.88. The third-order valence-electron chi connectivity index (χ3n) is 11.7. The minimum absolute atomic E-state index is 0.845. The molecule has 7 aromatic carbocycles. The van der Waals surface area contributed by atoms with Crippen molar-refractivity contribution in [2.45, 2.75) is 39.5 Å². The zero-order valence-electron chi connectivity index (χ0n) is 33.4. The third kappa shape index (κ3) is 7.35. The molecule has 0 radical (unpaired) electrons. The number of allylic oxidation sites excluding steroid dienone is 5. The molecular weight excluding hydrogens is 737 g/mol. The maximum atomic E-state index is 6.29. The predicted octanol–water partition coefficient (Wildman–Crippen LogP) is 16.2. The van der Waals surface area contributed by atoms with Gasteiger partial charge in [0.05, 0.1) is 0 Å². The van der Waals surface area contributed by atoms with Crippen molar-refractivity contribution >= 4 is 53.6 Å². The van der Waals surface area contributed by atoms with Crippen LogP contribution in [0.25, 0.3) is 64.5 Å². The fourth-order valence-electron chi connectivity index (χ4n) is 8.54. The molecule has 0 unspecified atom stereocenters. The fraction of sp³-hybridized carbons (Fsp3) is 0.107. The van der Waals surface area contributed by atoms with Gasteiger partial charge >= 0.3 is 0 Å². The number of aryl methyl sites for hydroxylation is 1. The molecule has 59 heavy (non-hydrogen) atoms. The molecule has 0 spiro atoms. The van der Waals surface area contributed by atoms with Crippen LogP contribution in [0.5, 0.6) is 11.5 Å². The van der Waals surface area contributed by atoms with E-state index in [1.165, 1.54) is 81.2 Å². The quantitative estimate of drug-likeness (QED) is 0.129. The van der Waals surface area contributed by atoms with Crippen molar-refractivity contribution in [3.05, 3.63) is 216 Å². The predicted molar refractivity (Wildman–Crippen MR) is 251 cm³/mol. The number of benzene rings is 7. The number of thiophene rings is 1. The number of ether oxygens (including phenoxy) is 1. The highest BCUT2D eigenvalue weighted by molar-refractivity contribution is 7.25. The zero-order valence-corrected chi connectivity index (χ0v) is 34.2. The van der Waals surface area contributed by atoms with Crippen LogP contribution in [-0.2, 0) is 12.8 Å². The highest BCUT2D eigenvalue weighted by atomic mass is 32.1. The minimum Gasteiger partial charge on any atom is -0.460 e. The van der Waals surface area contributed by atoms with Crippen molar-refractivity contribution in [3.8, 4) is 33.8 Å². The van der Waals surface area contributed by atoms with Gasteiger partial charge in [-0.3, -0.25) is 0 Å². The average Bonchev–Trinajstić information content (AvgIpc) is 3.85. The number of para-hydroxylation sites is 2. The van der Waals surface area contributed by atoms with Crippen molar-refractivity contribution in [2.75, 3.05) is 0 Å². The van der Waals surface area contributed by atoms with Crippen LogP contribution in [0.1, 0.15) is 53.3 Å². The van der Waals surface area contributed by atoms with Crippen LogP contribution in [0, 0.1) is 6.92 Å². The summed E-state index contributed by atoms with van der Waals surface area (Å²) in [6, 6.07) is 56.5. The molecule has 9 aromatic rings.